The lowest BCUT2D eigenvalue weighted by Gasteiger charge is -2.15. The van der Waals surface area contributed by atoms with E-state index >= 15 is 0 Å². The van der Waals surface area contributed by atoms with Crippen molar-refractivity contribution in [1.29, 1.82) is 0 Å². The van der Waals surface area contributed by atoms with Crippen LogP contribution in [0.15, 0.2) is 392 Å². The molecule has 113 heavy (non-hydrogen) atoms. The van der Waals surface area contributed by atoms with Gasteiger partial charge < -0.3 is 22.5 Å². The van der Waals surface area contributed by atoms with Crippen molar-refractivity contribution in [2.75, 3.05) is 0 Å². The molecule has 16 aromatic carbocycles. The second-order valence-electron chi connectivity index (χ2n) is 28.8. The molecule has 9 nitrogen and oxygen atoms in total. The molecule has 0 radical (unpaired) electrons. The molecule has 528 valence electrons. The number of hydrogen-bond acceptors (Lipinski definition) is 6. The van der Waals surface area contributed by atoms with Gasteiger partial charge in [-0.2, -0.15) is 0 Å². The van der Waals surface area contributed by atoms with Crippen molar-refractivity contribution < 1.29 is 8.83 Å². The lowest BCUT2D eigenvalue weighted by Crippen LogP contribution is -1.99. The molecular weight excluding hydrogens is 1380 g/mol. The molecule has 0 saturated heterocycles. The number of allylic oxidation sites excluding steroid dienone is 2. The standard InChI is InChI=1S/C52H34N4O.C52H31N3O/c1-2-3-17-36-33-55(45-27-13-10-22-40(36)45)38-30-37(31-39(32-38)56-46-28-14-11-23-42(46)43-24-12-15-29-47(43)56)41-25-16-26-44-49-51(57-50(41)44)48(34-18-6-4-7-19-34)53-52(54-49)35-20-8-5-9-21-35;1-2-14-32(15-3-1)52-53-48(34-28-29-41-39-20-5-4-18-37(39)38-19-6-7-21-40(38)45(41)31-34)51-49(54-52)44-25-13-24-36(50(44)56-51)33-16-12-17-35(30-33)55-46-26-10-8-22-42(46)43-23-9-11-27-47(43)55/h2-33H,1H2;1-31H/b17-3-;. The first-order valence-electron chi connectivity index (χ1n) is 38.1. The van der Waals surface area contributed by atoms with Crippen molar-refractivity contribution in [3.63, 3.8) is 0 Å². The van der Waals surface area contributed by atoms with Gasteiger partial charge in [0.05, 0.1) is 27.6 Å². The summed E-state index contributed by atoms with van der Waals surface area (Å²) < 4.78 is 21.0. The highest BCUT2D eigenvalue weighted by Gasteiger charge is 2.26. The predicted octanol–water partition coefficient (Wildman–Crippen LogP) is 27.6. The van der Waals surface area contributed by atoms with Crippen LogP contribution in [0.25, 0.3) is 222 Å². The van der Waals surface area contributed by atoms with Crippen LogP contribution in [0.5, 0.6) is 0 Å². The van der Waals surface area contributed by atoms with E-state index in [1.165, 1.54) is 70.3 Å². The minimum absolute atomic E-state index is 0.659. The molecule has 0 aliphatic carbocycles. The minimum atomic E-state index is 0.659. The third-order valence-corrected chi connectivity index (χ3v) is 22.3. The highest BCUT2D eigenvalue weighted by Crippen LogP contribution is 2.46. The molecular formula is C104H65N7O2. The third kappa shape index (κ3) is 10.7. The lowest BCUT2D eigenvalue weighted by molar-refractivity contribution is 0.668. The zero-order valence-electron chi connectivity index (χ0n) is 61.0. The summed E-state index contributed by atoms with van der Waals surface area (Å²) in [6.07, 6.45) is 8.14. The first-order chi connectivity index (χ1) is 56.0. The zero-order valence-corrected chi connectivity index (χ0v) is 61.0. The Kier molecular flexibility index (Phi) is 15.2. The highest BCUT2D eigenvalue weighted by molar-refractivity contribution is 6.26. The molecule has 0 saturated carbocycles. The first-order valence-corrected chi connectivity index (χ1v) is 38.1. The summed E-state index contributed by atoms with van der Waals surface area (Å²) in [5.41, 5.74) is 24.0. The van der Waals surface area contributed by atoms with Crippen LogP contribution in [0.4, 0.5) is 0 Å². The summed E-state index contributed by atoms with van der Waals surface area (Å²) in [6, 6.07) is 126. The molecule has 0 atom stereocenters. The third-order valence-electron chi connectivity index (χ3n) is 22.3. The summed E-state index contributed by atoms with van der Waals surface area (Å²) in [5, 5.41) is 15.3. The second kappa shape index (κ2) is 26.5. The van der Waals surface area contributed by atoms with Crippen LogP contribution >= 0.6 is 0 Å². The Morgan fingerprint density at radius 1 is 0.257 bits per heavy atom. The molecule has 23 rings (SSSR count). The first kappa shape index (κ1) is 64.8. The minimum Gasteiger partial charge on any atom is -0.451 e. The SMILES string of the molecule is C=C/C=C\c1cn(-c2cc(-c3cccc4c3oc3c(-c5ccccc5)nc(-c5ccccc5)nc34)cc(-n3c4ccccc4c4ccccc43)c2)c2ccccc12.c1ccc(-c2nc(-c3ccc4c5ccccc5c5ccccc5c4c3)c3oc4c(-c5cccc(-n6c7ccccc7c7ccccc76)c5)cccc4c3n2)cc1. The number of furan rings is 2. The van der Waals surface area contributed by atoms with Gasteiger partial charge in [-0.3, -0.25) is 0 Å². The van der Waals surface area contributed by atoms with Gasteiger partial charge in [0.25, 0.3) is 0 Å². The maximum Gasteiger partial charge on any atom is 0.180 e. The van der Waals surface area contributed by atoms with Crippen LogP contribution in [0, 0.1) is 0 Å². The fraction of sp³-hybridized carbons (Fsp3) is 0. The van der Waals surface area contributed by atoms with Gasteiger partial charge in [0.2, 0.25) is 0 Å². The van der Waals surface area contributed by atoms with Crippen LogP contribution < -0.4 is 0 Å². The maximum atomic E-state index is 7.02. The van der Waals surface area contributed by atoms with Gasteiger partial charge in [0.1, 0.15) is 33.6 Å². The fourth-order valence-corrected chi connectivity index (χ4v) is 17.2. The zero-order chi connectivity index (χ0) is 74.6. The Balaban J connectivity index is 0.000000138. The van der Waals surface area contributed by atoms with Crippen molar-refractivity contribution >= 4 is 137 Å². The van der Waals surface area contributed by atoms with Gasteiger partial charge in [-0.05, 0) is 122 Å². The average Bonchev–Trinajstić information content (AvgIpc) is 1.35. The maximum absolute atomic E-state index is 7.02. The number of hydrogen-bond donors (Lipinski definition) is 0. The molecule has 0 aliphatic heterocycles. The highest BCUT2D eigenvalue weighted by atomic mass is 16.3. The number of rotatable bonds is 11. The Morgan fingerprint density at radius 2 is 0.646 bits per heavy atom. The Hall–Kier alpha value is -15.3. The molecule has 0 spiro atoms. The van der Waals surface area contributed by atoms with E-state index in [2.05, 4.69) is 336 Å². The number of benzene rings is 16. The normalized spacial score (nSPS) is 11.9. The number of nitrogens with zero attached hydrogens (tertiary/aromatic N) is 7. The Morgan fingerprint density at radius 3 is 1.17 bits per heavy atom. The van der Waals surface area contributed by atoms with Crippen molar-refractivity contribution in [2.45, 2.75) is 0 Å². The van der Waals surface area contributed by atoms with E-state index in [1.54, 1.807) is 0 Å². The van der Waals surface area contributed by atoms with Crippen LogP contribution in [0.1, 0.15) is 5.56 Å². The quantitative estimate of drug-likeness (QED) is 0.0946. The van der Waals surface area contributed by atoms with E-state index in [1.807, 2.05) is 66.7 Å². The van der Waals surface area contributed by atoms with E-state index in [-0.39, 0.29) is 0 Å². The van der Waals surface area contributed by atoms with Crippen molar-refractivity contribution in [3.05, 3.63) is 388 Å². The van der Waals surface area contributed by atoms with Crippen molar-refractivity contribution in [3.8, 4) is 84.6 Å². The molecule has 0 fully saturated rings. The lowest BCUT2D eigenvalue weighted by atomic mass is 9.93. The summed E-state index contributed by atoms with van der Waals surface area (Å²) in [7, 11) is 0. The van der Waals surface area contributed by atoms with Gasteiger partial charge in [-0.15, -0.1) is 0 Å². The topological polar surface area (TPSA) is 92.6 Å². The Labute approximate surface area is 648 Å². The molecule has 0 unspecified atom stereocenters. The summed E-state index contributed by atoms with van der Waals surface area (Å²) in [6.45, 7) is 3.93. The monoisotopic (exact) mass is 1440 g/mol. The molecule has 7 aromatic heterocycles. The fourth-order valence-electron chi connectivity index (χ4n) is 17.2. The molecule has 0 amide bonds. The van der Waals surface area contributed by atoms with Gasteiger partial charge in [0.15, 0.2) is 22.8 Å². The number of aromatic nitrogens is 7. The molecule has 0 bridgehead atoms. The number of fused-ring (bicyclic) bond motifs is 19. The van der Waals surface area contributed by atoms with E-state index in [9.17, 15) is 0 Å². The molecule has 0 N–H and O–H groups in total. The molecule has 0 aliphatic rings. The summed E-state index contributed by atoms with van der Waals surface area (Å²) in [5.74, 6) is 1.32. The van der Waals surface area contributed by atoms with Crippen LogP contribution in [0.2, 0.25) is 0 Å². The second-order valence-corrected chi connectivity index (χ2v) is 28.8. The van der Waals surface area contributed by atoms with Gasteiger partial charge in [-0.25, -0.2) is 19.9 Å². The van der Waals surface area contributed by atoms with Crippen LogP contribution in [-0.4, -0.2) is 33.6 Å². The largest absolute Gasteiger partial charge is 0.451 e. The Bertz CT molecular complexity index is 7690. The van der Waals surface area contributed by atoms with Crippen molar-refractivity contribution in [2.24, 2.45) is 0 Å². The van der Waals surface area contributed by atoms with E-state index in [0.717, 1.165) is 128 Å². The molecule has 9 heteroatoms. The molecule has 7 heterocycles. The summed E-state index contributed by atoms with van der Waals surface area (Å²) in [4.78, 5) is 20.8. The molecule has 23 aromatic rings. The van der Waals surface area contributed by atoms with Gasteiger partial charge >= 0.3 is 0 Å². The predicted molar refractivity (Wildman–Crippen MR) is 468 cm³/mol. The van der Waals surface area contributed by atoms with E-state index in [4.69, 9.17) is 28.8 Å². The van der Waals surface area contributed by atoms with Crippen LogP contribution in [-0.2, 0) is 0 Å². The number of para-hydroxylation sites is 7. The summed E-state index contributed by atoms with van der Waals surface area (Å²) >= 11 is 0. The average molecular weight is 1440 g/mol. The van der Waals surface area contributed by atoms with E-state index in [0.29, 0.717) is 22.8 Å². The van der Waals surface area contributed by atoms with Gasteiger partial charge in [0, 0.05) is 99.9 Å². The van der Waals surface area contributed by atoms with Crippen LogP contribution in [0.3, 0.4) is 0 Å². The van der Waals surface area contributed by atoms with E-state index < -0.39 is 0 Å². The van der Waals surface area contributed by atoms with Crippen molar-refractivity contribution in [1.82, 2.24) is 33.6 Å². The smallest absolute Gasteiger partial charge is 0.180 e. The van der Waals surface area contributed by atoms with Gasteiger partial charge in [-0.1, -0.05) is 304 Å².